The summed E-state index contributed by atoms with van der Waals surface area (Å²) in [4.78, 5) is 23.0. The van der Waals surface area contributed by atoms with E-state index in [2.05, 4.69) is 15.5 Å². The summed E-state index contributed by atoms with van der Waals surface area (Å²) < 4.78 is 10.2. The fourth-order valence-corrected chi connectivity index (χ4v) is 1.93. The van der Waals surface area contributed by atoms with E-state index >= 15 is 0 Å². The van der Waals surface area contributed by atoms with Crippen LogP contribution in [-0.2, 0) is 0 Å². The number of carboxylic acids is 1. The maximum atomic E-state index is 12.1. The summed E-state index contributed by atoms with van der Waals surface area (Å²) >= 11 is 0. The lowest BCUT2D eigenvalue weighted by atomic mass is 10.2. The number of aromatic carboxylic acids is 1. The van der Waals surface area contributed by atoms with Gasteiger partial charge in [-0.05, 0) is 24.3 Å². The van der Waals surface area contributed by atoms with Gasteiger partial charge in [-0.3, -0.25) is 9.89 Å². The van der Waals surface area contributed by atoms with Gasteiger partial charge in [0, 0.05) is 11.6 Å². The predicted octanol–water partition coefficient (Wildman–Crippen LogP) is 2.11. The number of rotatable bonds is 4. The van der Waals surface area contributed by atoms with Crippen molar-refractivity contribution in [2.45, 2.75) is 0 Å². The zero-order chi connectivity index (χ0) is 15.7. The first kappa shape index (κ1) is 13.7. The number of nitrogens with zero attached hydrogens (tertiary/aromatic N) is 1. The topological polar surface area (TPSA) is 117 Å². The summed E-state index contributed by atoms with van der Waals surface area (Å²) in [6.07, 6.45) is 0. The molecule has 3 N–H and O–H groups in total. The summed E-state index contributed by atoms with van der Waals surface area (Å²) in [6.45, 7) is 0. The molecule has 0 radical (unpaired) electrons. The van der Waals surface area contributed by atoms with E-state index in [1.165, 1.54) is 13.2 Å². The molecule has 2 heterocycles. The predicted molar refractivity (Wildman–Crippen MR) is 76.3 cm³/mol. The molecule has 0 atom stereocenters. The molecule has 8 nitrogen and oxygen atoms in total. The van der Waals surface area contributed by atoms with Crippen molar-refractivity contribution >= 4 is 28.8 Å². The molecule has 0 saturated carbocycles. The van der Waals surface area contributed by atoms with Crippen LogP contribution in [0.2, 0.25) is 0 Å². The summed E-state index contributed by atoms with van der Waals surface area (Å²) in [5, 5.41) is 17.9. The average Bonchev–Trinajstić information content (AvgIpc) is 3.09. The third-order valence-corrected chi connectivity index (χ3v) is 3.03. The van der Waals surface area contributed by atoms with E-state index in [4.69, 9.17) is 14.3 Å². The van der Waals surface area contributed by atoms with Crippen LogP contribution in [0.3, 0.4) is 0 Å². The van der Waals surface area contributed by atoms with Crippen molar-refractivity contribution in [3.63, 3.8) is 0 Å². The lowest BCUT2D eigenvalue weighted by Gasteiger charge is -2.03. The lowest BCUT2D eigenvalue weighted by Crippen LogP contribution is -2.12. The molecular formula is C14H11N3O5. The molecule has 112 valence electrons. The van der Waals surface area contributed by atoms with Gasteiger partial charge in [-0.1, -0.05) is 0 Å². The highest BCUT2D eigenvalue weighted by atomic mass is 16.5. The number of anilines is 1. The molecule has 0 aliphatic heterocycles. The second kappa shape index (κ2) is 5.24. The average molecular weight is 301 g/mol. The molecule has 0 spiro atoms. The zero-order valence-electron chi connectivity index (χ0n) is 11.4. The van der Waals surface area contributed by atoms with E-state index in [9.17, 15) is 9.59 Å². The van der Waals surface area contributed by atoms with Crippen molar-refractivity contribution < 1.29 is 23.8 Å². The van der Waals surface area contributed by atoms with Crippen LogP contribution in [0.4, 0.5) is 5.82 Å². The van der Waals surface area contributed by atoms with Crippen molar-refractivity contribution in [1.29, 1.82) is 0 Å². The Kier molecular flexibility index (Phi) is 3.26. The van der Waals surface area contributed by atoms with Crippen molar-refractivity contribution in [2.24, 2.45) is 0 Å². The van der Waals surface area contributed by atoms with Gasteiger partial charge >= 0.3 is 5.97 Å². The van der Waals surface area contributed by atoms with Crippen LogP contribution in [0, 0.1) is 0 Å². The first-order valence-corrected chi connectivity index (χ1v) is 6.25. The molecule has 0 unspecified atom stereocenters. The molecule has 8 heteroatoms. The van der Waals surface area contributed by atoms with Crippen LogP contribution in [0.1, 0.15) is 20.9 Å². The summed E-state index contributed by atoms with van der Waals surface area (Å²) in [6, 6.07) is 7.81. The largest absolute Gasteiger partial charge is 0.497 e. The van der Waals surface area contributed by atoms with E-state index in [1.54, 1.807) is 24.3 Å². The van der Waals surface area contributed by atoms with Gasteiger partial charge in [-0.15, -0.1) is 0 Å². The Morgan fingerprint density at radius 1 is 1.32 bits per heavy atom. The van der Waals surface area contributed by atoms with E-state index in [0.29, 0.717) is 16.8 Å². The molecule has 0 bridgehead atoms. The van der Waals surface area contributed by atoms with Crippen LogP contribution in [-0.4, -0.2) is 34.3 Å². The minimum Gasteiger partial charge on any atom is -0.497 e. The second-order valence-electron chi connectivity index (χ2n) is 4.41. The number of nitrogens with one attached hydrogen (secondary N) is 2. The van der Waals surface area contributed by atoms with Crippen LogP contribution in [0.25, 0.3) is 11.1 Å². The number of benzene rings is 1. The quantitative estimate of drug-likeness (QED) is 0.679. The molecule has 0 fully saturated rings. The van der Waals surface area contributed by atoms with Gasteiger partial charge < -0.3 is 19.6 Å². The summed E-state index contributed by atoms with van der Waals surface area (Å²) in [5.74, 6) is -1.07. The maximum Gasteiger partial charge on any atom is 0.371 e. The third-order valence-electron chi connectivity index (χ3n) is 3.03. The van der Waals surface area contributed by atoms with Crippen molar-refractivity contribution in [1.82, 2.24) is 10.2 Å². The van der Waals surface area contributed by atoms with Gasteiger partial charge in [-0.25, -0.2) is 4.79 Å². The number of methoxy groups -OCH3 is 1. The summed E-state index contributed by atoms with van der Waals surface area (Å²) in [5.41, 5.74) is 0.976. The molecule has 22 heavy (non-hydrogen) atoms. The van der Waals surface area contributed by atoms with E-state index < -0.39 is 11.9 Å². The van der Waals surface area contributed by atoms with Crippen molar-refractivity contribution in [2.75, 3.05) is 12.4 Å². The molecule has 3 rings (SSSR count). The number of amides is 1. The normalized spacial score (nSPS) is 10.6. The highest BCUT2D eigenvalue weighted by molar-refractivity contribution is 6.07. The molecule has 2 aromatic heterocycles. The van der Waals surface area contributed by atoms with Crippen LogP contribution < -0.4 is 10.1 Å². The fraction of sp³-hybridized carbons (Fsp3) is 0.0714. The lowest BCUT2D eigenvalue weighted by molar-refractivity contribution is 0.0665. The zero-order valence-corrected chi connectivity index (χ0v) is 11.4. The third kappa shape index (κ3) is 2.37. The first-order chi connectivity index (χ1) is 10.6. The van der Waals surface area contributed by atoms with Crippen LogP contribution in [0.15, 0.2) is 34.7 Å². The van der Waals surface area contributed by atoms with Gasteiger partial charge in [0.25, 0.3) is 5.91 Å². The number of hydrogen-bond donors (Lipinski definition) is 3. The van der Waals surface area contributed by atoms with Gasteiger partial charge in [0.05, 0.1) is 7.11 Å². The number of fused-ring (bicyclic) bond motifs is 1. The van der Waals surface area contributed by atoms with E-state index in [0.717, 1.165) is 0 Å². The Bertz CT molecular complexity index is 847. The number of hydrogen-bond acceptors (Lipinski definition) is 5. The van der Waals surface area contributed by atoms with Crippen LogP contribution >= 0.6 is 0 Å². The van der Waals surface area contributed by atoms with Crippen LogP contribution in [0.5, 0.6) is 5.75 Å². The molecule has 0 aliphatic carbocycles. The Balaban J connectivity index is 1.85. The number of carbonyl (C=O) groups excluding carboxylic acids is 1. The number of furan rings is 1. The smallest absolute Gasteiger partial charge is 0.371 e. The Morgan fingerprint density at radius 3 is 2.68 bits per heavy atom. The van der Waals surface area contributed by atoms with E-state index in [1.807, 2.05) is 0 Å². The molecule has 1 aromatic carbocycles. The number of aromatic amines is 1. The highest BCUT2D eigenvalue weighted by Crippen LogP contribution is 2.24. The Hall–Kier alpha value is -3.29. The summed E-state index contributed by atoms with van der Waals surface area (Å²) in [7, 11) is 1.53. The maximum absolute atomic E-state index is 12.1. The standard InChI is InChI=1S/C14H11N3O5/c1-21-8-4-2-7(3-5-8)13(18)15-12-11-9(16-17-12)6-10(22-11)14(19)20/h2-6H,1H3,(H,19,20)(H2,15,16,17,18). The molecule has 1 amide bonds. The van der Waals surface area contributed by atoms with Gasteiger partial charge in [0.1, 0.15) is 11.3 Å². The monoisotopic (exact) mass is 301 g/mol. The number of aromatic nitrogens is 2. The second-order valence-corrected chi connectivity index (χ2v) is 4.41. The number of ether oxygens (including phenoxy) is 1. The molecule has 0 saturated heterocycles. The van der Waals surface area contributed by atoms with E-state index in [-0.39, 0.29) is 17.2 Å². The Labute approximate surface area is 123 Å². The minimum absolute atomic E-state index is 0.128. The number of H-pyrrole nitrogens is 1. The number of carbonyl (C=O) groups is 2. The van der Waals surface area contributed by atoms with Gasteiger partial charge in [0.15, 0.2) is 11.4 Å². The van der Waals surface area contributed by atoms with Gasteiger partial charge in [0.2, 0.25) is 5.76 Å². The Morgan fingerprint density at radius 2 is 2.05 bits per heavy atom. The van der Waals surface area contributed by atoms with Gasteiger partial charge in [-0.2, -0.15) is 5.10 Å². The number of carboxylic acid groups (broad SMARTS) is 1. The fourth-order valence-electron chi connectivity index (χ4n) is 1.93. The SMILES string of the molecule is COc1ccc(C(=O)Nc2n[nH]c3cc(C(=O)O)oc23)cc1. The molecule has 3 aromatic rings. The molecule has 0 aliphatic rings. The highest BCUT2D eigenvalue weighted by Gasteiger charge is 2.18. The van der Waals surface area contributed by atoms with Crippen molar-refractivity contribution in [3.8, 4) is 5.75 Å². The minimum atomic E-state index is -1.20. The van der Waals surface area contributed by atoms with Crippen molar-refractivity contribution in [3.05, 3.63) is 41.7 Å². The first-order valence-electron chi connectivity index (χ1n) is 6.25. The molecular weight excluding hydrogens is 290 g/mol.